The second-order valence-electron chi connectivity index (χ2n) is 8.01. The van der Waals surface area contributed by atoms with Gasteiger partial charge < -0.3 is 19.7 Å². The average molecular weight is 485 g/mol. The fourth-order valence-corrected chi connectivity index (χ4v) is 3.77. The maximum absolute atomic E-state index is 12.7. The molecule has 0 amide bonds. The molecule has 1 aliphatic rings. The molecule has 0 aliphatic heterocycles. The molecular formula is C24H33ClO8. The maximum Gasteiger partial charge on any atom is 0.303 e. The summed E-state index contributed by atoms with van der Waals surface area (Å²) in [5.74, 6) is -3.01. The van der Waals surface area contributed by atoms with Crippen molar-refractivity contribution in [2.24, 2.45) is 0 Å². The van der Waals surface area contributed by atoms with Gasteiger partial charge in [-0.05, 0) is 37.8 Å². The van der Waals surface area contributed by atoms with Crippen LogP contribution in [0.25, 0.3) is 0 Å². The molecule has 0 spiro atoms. The van der Waals surface area contributed by atoms with E-state index < -0.39 is 41.5 Å². The third-order valence-corrected chi connectivity index (χ3v) is 5.34. The van der Waals surface area contributed by atoms with Crippen LogP contribution < -0.4 is 0 Å². The van der Waals surface area contributed by atoms with Gasteiger partial charge in [-0.25, -0.2) is 0 Å². The predicted molar refractivity (Wildman–Crippen MR) is 122 cm³/mol. The number of carbonyl (C=O) groups is 4. The lowest BCUT2D eigenvalue weighted by atomic mass is 9.90. The fourth-order valence-electron chi connectivity index (χ4n) is 3.49. The highest BCUT2D eigenvalue weighted by Gasteiger charge is 2.42. The summed E-state index contributed by atoms with van der Waals surface area (Å²) < 4.78 is 10.6. The highest BCUT2D eigenvalue weighted by Crippen LogP contribution is 2.37. The summed E-state index contributed by atoms with van der Waals surface area (Å²) in [5, 5.41) is 19.9. The first-order valence-corrected chi connectivity index (χ1v) is 11.5. The van der Waals surface area contributed by atoms with Gasteiger partial charge in [0.15, 0.2) is 6.10 Å². The van der Waals surface area contributed by atoms with Crippen LogP contribution in [0.15, 0.2) is 34.9 Å². The van der Waals surface area contributed by atoms with Gasteiger partial charge in [-0.2, -0.15) is 0 Å². The smallest absolute Gasteiger partial charge is 0.303 e. The molecular weight excluding hydrogens is 452 g/mol. The van der Waals surface area contributed by atoms with Crippen LogP contribution in [-0.4, -0.2) is 51.7 Å². The molecule has 1 aliphatic carbocycles. The van der Waals surface area contributed by atoms with Crippen LogP contribution in [0.2, 0.25) is 0 Å². The van der Waals surface area contributed by atoms with E-state index in [1.807, 2.05) is 6.08 Å². The zero-order chi connectivity index (χ0) is 25.0. The number of unbranched alkanes of at least 4 members (excludes halogenated alkanes) is 3. The van der Waals surface area contributed by atoms with Crippen molar-refractivity contribution >= 4 is 35.3 Å². The van der Waals surface area contributed by atoms with Crippen molar-refractivity contribution in [3.8, 4) is 0 Å². The fraction of sp³-hybridized carbons (Fsp3) is 0.583. The molecule has 3 unspecified atom stereocenters. The SMILES string of the molecule is CCCCCC=CCC1(O)C=C(Cl)C(=O)C1=CC(OC(C)=O)C(CCCC(=O)O)OC(C)=O. The minimum absolute atomic E-state index is 0.0682. The lowest BCUT2D eigenvalue weighted by Gasteiger charge is -2.27. The Kier molecular flexibility index (Phi) is 12.1. The number of allylic oxidation sites excluding steroid dienone is 2. The second kappa shape index (κ2) is 14.0. The zero-order valence-electron chi connectivity index (χ0n) is 19.3. The van der Waals surface area contributed by atoms with E-state index in [-0.39, 0.29) is 36.3 Å². The number of carbonyl (C=O) groups excluding carboxylic acids is 3. The predicted octanol–water partition coefficient (Wildman–Crippen LogP) is 3.99. The van der Waals surface area contributed by atoms with E-state index >= 15 is 0 Å². The first kappa shape index (κ1) is 28.6. The van der Waals surface area contributed by atoms with Crippen molar-refractivity contribution in [2.45, 2.75) is 89.9 Å². The van der Waals surface area contributed by atoms with Crippen molar-refractivity contribution in [2.75, 3.05) is 0 Å². The number of ketones is 1. The van der Waals surface area contributed by atoms with Crippen molar-refractivity contribution in [1.29, 1.82) is 0 Å². The minimum atomic E-state index is -1.71. The number of hydrogen-bond acceptors (Lipinski definition) is 7. The van der Waals surface area contributed by atoms with Crippen LogP contribution in [0.1, 0.15) is 72.1 Å². The lowest BCUT2D eigenvalue weighted by Crippen LogP contribution is -2.36. The monoisotopic (exact) mass is 484 g/mol. The van der Waals surface area contributed by atoms with E-state index in [4.69, 9.17) is 26.2 Å². The number of hydrogen-bond donors (Lipinski definition) is 2. The Hall–Kier alpha value is -2.45. The highest BCUT2D eigenvalue weighted by atomic mass is 35.5. The molecule has 0 radical (unpaired) electrons. The van der Waals surface area contributed by atoms with Gasteiger partial charge in [0, 0.05) is 32.3 Å². The molecule has 0 bridgehead atoms. The molecule has 0 aromatic carbocycles. The molecule has 33 heavy (non-hydrogen) atoms. The molecule has 3 atom stereocenters. The van der Waals surface area contributed by atoms with E-state index in [1.54, 1.807) is 6.08 Å². The molecule has 0 heterocycles. The van der Waals surface area contributed by atoms with Crippen LogP contribution in [0.5, 0.6) is 0 Å². The Balaban J connectivity index is 3.20. The number of aliphatic carboxylic acids is 1. The normalized spacial score (nSPS) is 21.2. The quantitative estimate of drug-likeness (QED) is 0.164. The second-order valence-corrected chi connectivity index (χ2v) is 8.41. The zero-order valence-corrected chi connectivity index (χ0v) is 20.1. The van der Waals surface area contributed by atoms with Crippen LogP contribution in [0.3, 0.4) is 0 Å². The average Bonchev–Trinajstić information content (AvgIpc) is 2.91. The van der Waals surface area contributed by atoms with Gasteiger partial charge in [-0.15, -0.1) is 0 Å². The summed E-state index contributed by atoms with van der Waals surface area (Å²) in [6.45, 7) is 4.42. The van der Waals surface area contributed by atoms with Crippen LogP contribution in [0, 0.1) is 0 Å². The van der Waals surface area contributed by atoms with Gasteiger partial charge in [-0.3, -0.25) is 19.2 Å². The molecule has 184 valence electrons. The van der Waals surface area contributed by atoms with E-state index in [9.17, 15) is 24.3 Å². The van der Waals surface area contributed by atoms with Gasteiger partial charge in [0.1, 0.15) is 11.7 Å². The highest BCUT2D eigenvalue weighted by molar-refractivity contribution is 6.46. The van der Waals surface area contributed by atoms with Crippen LogP contribution in [0.4, 0.5) is 0 Å². The third kappa shape index (κ3) is 9.92. The van der Waals surface area contributed by atoms with Crippen molar-refractivity contribution in [1.82, 2.24) is 0 Å². The molecule has 1 rings (SSSR count). The summed E-state index contributed by atoms with van der Waals surface area (Å²) >= 11 is 6.02. The summed E-state index contributed by atoms with van der Waals surface area (Å²) in [4.78, 5) is 46.9. The van der Waals surface area contributed by atoms with Crippen LogP contribution >= 0.6 is 11.6 Å². The van der Waals surface area contributed by atoms with Gasteiger partial charge in [0.2, 0.25) is 5.78 Å². The standard InChI is InChI=1S/C24H33ClO8/c1-4-5-6-7-8-9-13-24(31)15-19(25)23(30)18(24)14-21(33-17(3)27)20(32-16(2)26)11-10-12-22(28)29/h8-9,14-15,20-21,31H,4-7,10-13H2,1-3H3,(H,28,29). The number of Topliss-reactive ketones (excluding diaryl/α,β-unsaturated/α-hetero) is 1. The molecule has 0 saturated carbocycles. The summed E-state index contributed by atoms with van der Waals surface area (Å²) in [7, 11) is 0. The molecule has 0 fully saturated rings. The first-order valence-electron chi connectivity index (χ1n) is 11.1. The third-order valence-electron chi connectivity index (χ3n) is 5.06. The van der Waals surface area contributed by atoms with Gasteiger partial charge in [0.25, 0.3) is 0 Å². The van der Waals surface area contributed by atoms with E-state index in [0.717, 1.165) is 32.6 Å². The lowest BCUT2D eigenvalue weighted by molar-refractivity contribution is -0.162. The van der Waals surface area contributed by atoms with E-state index in [2.05, 4.69) is 6.92 Å². The van der Waals surface area contributed by atoms with Crippen molar-refractivity contribution < 1.29 is 38.9 Å². The largest absolute Gasteiger partial charge is 0.481 e. The maximum atomic E-state index is 12.7. The number of halogens is 1. The number of esters is 2. The molecule has 0 saturated heterocycles. The molecule has 2 N–H and O–H groups in total. The Morgan fingerprint density at radius 1 is 1.12 bits per heavy atom. The first-order chi connectivity index (χ1) is 15.5. The Bertz CT molecular complexity index is 813. The van der Waals surface area contributed by atoms with E-state index in [0.29, 0.717) is 0 Å². The minimum Gasteiger partial charge on any atom is -0.481 e. The van der Waals surface area contributed by atoms with Gasteiger partial charge in [-0.1, -0.05) is 43.5 Å². The van der Waals surface area contributed by atoms with Gasteiger partial charge in [0.05, 0.1) is 5.03 Å². The van der Waals surface area contributed by atoms with Crippen LogP contribution in [-0.2, 0) is 28.7 Å². The Morgan fingerprint density at radius 2 is 1.79 bits per heavy atom. The number of carboxylic acids is 1. The number of carboxylic acid groups (broad SMARTS) is 1. The number of aliphatic hydroxyl groups is 1. The number of rotatable bonds is 14. The number of ether oxygens (including phenoxy) is 2. The summed E-state index contributed by atoms with van der Waals surface area (Å²) in [5.41, 5.74) is -1.80. The molecule has 0 aromatic rings. The Labute approximate surface area is 199 Å². The topological polar surface area (TPSA) is 127 Å². The van der Waals surface area contributed by atoms with Crippen molar-refractivity contribution in [3.63, 3.8) is 0 Å². The van der Waals surface area contributed by atoms with Crippen molar-refractivity contribution in [3.05, 3.63) is 34.9 Å². The molecule has 0 aromatic heterocycles. The van der Waals surface area contributed by atoms with Gasteiger partial charge >= 0.3 is 17.9 Å². The van der Waals surface area contributed by atoms with E-state index in [1.165, 1.54) is 19.1 Å². The molecule has 8 nitrogen and oxygen atoms in total. The molecule has 9 heteroatoms. The summed E-state index contributed by atoms with van der Waals surface area (Å²) in [6.07, 6.45) is 8.06. The Morgan fingerprint density at radius 3 is 2.36 bits per heavy atom. The summed E-state index contributed by atoms with van der Waals surface area (Å²) in [6, 6.07) is 0.